The van der Waals surface area contributed by atoms with Crippen molar-refractivity contribution in [1.82, 2.24) is 9.80 Å². The highest BCUT2D eigenvalue weighted by molar-refractivity contribution is 5.78. The van der Waals surface area contributed by atoms with E-state index in [9.17, 15) is 14.7 Å². The minimum absolute atomic E-state index is 0.259. The van der Waals surface area contributed by atoms with Crippen LogP contribution in [0.5, 0.6) is 0 Å². The van der Waals surface area contributed by atoms with Gasteiger partial charge < -0.3 is 14.9 Å². The number of carbonyl (C=O) groups is 2. The third-order valence-corrected chi connectivity index (χ3v) is 5.34. The number of amides is 1. The summed E-state index contributed by atoms with van der Waals surface area (Å²) in [6, 6.07) is 0. The Labute approximate surface area is 126 Å². The van der Waals surface area contributed by atoms with Gasteiger partial charge >= 0.3 is 5.97 Å². The van der Waals surface area contributed by atoms with E-state index in [4.69, 9.17) is 0 Å². The Kier molecular flexibility index (Phi) is 4.20. The summed E-state index contributed by atoms with van der Waals surface area (Å²) in [7, 11) is 0. The van der Waals surface area contributed by atoms with E-state index in [-0.39, 0.29) is 5.91 Å². The molecule has 0 aromatic carbocycles. The van der Waals surface area contributed by atoms with E-state index < -0.39 is 11.4 Å². The van der Waals surface area contributed by atoms with Crippen molar-refractivity contribution in [2.45, 2.75) is 44.9 Å². The number of carboxylic acids is 1. The molecule has 3 fully saturated rings. The zero-order chi connectivity index (χ0) is 14.9. The van der Waals surface area contributed by atoms with Crippen LogP contribution < -0.4 is 0 Å². The lowest BCUT2D eigenvalue weighted by molar-refractivity contribution is -0.153. The molecule has 2 saturated heterocycles. The predicted molar refractivity (Wildman–Crippen MR) is 78.9 cm³/mol. The fourth-order valence-electron chi connectivity index (χ4n) is 3.92. The summed E-state index contributed by atoms with van der Waals surface area (Å²) >= 11 is 0. The SMILES string of the molecule is O=C1CCCN1CCN1CCC[C@@](CC2CC2)(C(=O)O)C1. The van der Waals surface area contributed by atoms with Crippen molar-refractivity contribution in [1.29, 1.82) is 0 Å². The summed E-state index contributed by atoms with van der Waals surface area (Å²) in [5.74, 6) is 0.284. The molecule has 1 amide bonds. The summed E-state index contributed by atoms with van der Waals surface area (Å²) in [4.78, 5) is 27.7. The summed E-state index contributed by atoms with van der Waals surface area (Å²) in [5.41, 5.74) is -0.533. The van der Waals surface area contributed by atoms with Gasteiger partial charge in [-0.05, 0) is 38.1 Å². The van der Waals surface area contributed by atoms with Gasteiger partial charge in [0.15, 0.2) is 0 Å². The van der Waals surface area contributed by atoms with Gasteiger partial charge in [-0.3, -0.25) is 9.59 Å². The fraction of sp³-hybridized carbons (Fsp3) is 0.875. The van der Waals surface area contributed by atoms with E-state index in [1.807, 2.05) is 4.90 Å². The third kappa shape index (κ3) is 3.39. The monoisotopic (exact) mass is 294 g/mol. The van der Waals surface area contributed by atoms with Crippen LogP contribution in [0.3, 0.4) is 0 Å². The van der Waals surface area contributed by atoms with E-state index in [1.165, 1.54) is 12.8 Å². The van der Waals surface area contributed by atoms with Crippen LogP contribution in [0.2, 0.25) is 0 Å². The molecule has 1 aliphatic carbocycles. The molecule has 0 aromatic heterocycles. The van der Waals surface area contributed by atoms with E-state index >= 15 is 0 Å². The van der Waals surface area contributed by atoms with Gasteiger partial charge in [0.1, 0.15) is 0 Å². The van der Waals surface area contributed by atoms with Crippen LogP contribution in [0.1, 0.15) is 44.9 Å². The van der Waals surface area contributed by atoms with Crippen molar-refractivity contribution >= 4 is 11.9 Å². The topological polar surface area (TPSA) is 60.9 Å². The normalized spacial score (nSPS) is 30.9. The molecule has 21 heavy (non-hydrogen) atoms. The van der Waals surface area contributed by atoms with Crippen LogP contribution in [0, 0.1) is 11.3 Å². The average molecular weight is 294 g/mol. The second-order valence-electron chi connectivity index (χ2n) is 7.10. The van der Waals surface area contributed by atoms with Gasteiger partial charge in [0, 0.05) is 32.6 Å². The number of nitrogens with zero attached hydrogens (tertiary/aromatic N) is 2. The van der Waals surface area contributed by atoms with Gasteiger partial charge in [0.25, 0.3) is 0 Å². The number of carboxylic acid groups (broad SMARTS) is 1. The summed E-state index contributed by atoms with van der Waals surface area (Å²) in [5, 5.41) is 9.71. The van der Waals surface area contributed by atoms with Crippen LogP contribution in [-0.2, 0) is 9.59 Å². The Morgan fingerprint density at radius 3 is 2.67 bits per heavy atom. The van der Waals surface area contributed by atoms with Crippen LogP contribution in [0.25, 0.3) is 0 Å². The second-order valence-corrected chi connectivity index (χ2v) is 7.10. The molecule has 0 aromatic rings. The lowest BCUT2D eigenvalue weighted by Crippen LogP contribution is -2.50. The van der Waals surface area contributed by atoms with E-state index in [1.54, 1.807) is 0 Å². The Morgan fingerprint density at radius 2 is 2.05 bits per heavy atom. The van der Waals surface area contributed by atoms with Gasteiger partial charge in [-0.25, -0.2) is 0 Å². The van der Waals surface area contributed by atoms with Gasteiger partial charge in [0.2, 0.25) is 5.91 Å². The van der Waals surface area contributed by atoms with E-state index in [2.05, 4.69) is 4.90 Å². The maximum absolute atomic E-state index is 11.8. The summed E-state index contributed by atoms with van der Waals surface area (Å²) in [6.07, 6.45) is 6.70. The van der Waals surface area contributed by atoms with Gasteiger partial charge in [0.05, 0.1) is 5.41 Å². The maximum atomic E-state index is 11.8. The Hall–Kier alpha value is -1.10. The van der Waals surface area contributed by atoms with Crippen molar-refractivity contribution in [2.24, 2.45) is 11.3 Å². The average Bonchev–Trinajstić information content (AvgIpc) is 3.17. The highest BCUT2D eigenvalue weighted by Gasteiger charge is 2.45. The van der Waals surface area contributed by atoms with E-state index in [0.29, 0.717) is 18.9 Å². The zero-order valence-corrected chi connectivity index (χ0v) is 12.7. The number of piperidine rings is 1. The van der Waals surface area contributed by atoms with Crippen molar-refractivity contribution in [3.63, 3.8) is 0 Å². The molecule has 118 valence electrons. The molecule has 2 aliphatic heterocycles. The predicted octanol–water partition coefficient (Wildman–Crippen LogP) is 1.58. The van der Waals surface area contributed by atoms with Gasteiger partial charge in [-0.2, -0.15) is 0 Å². The maximum Gasteiger partial charge on any atom is 0.310 e. The Morgan fingerprint density at radius 1 is 1.24 bits per heavy atom. The Balaban J connectivity index is 1.56. The number of hydrogen-bond donors (Lipinski definition) is 1. The van der Waals surface area contributed by atoms with Crippen molar-refractivity contribution < 1.29 is 14.7 Å². The molecule has 1 saturated carbocycles. The lowest BCUT2D eigenvalue weighted by Gasteiger charge is -2.40. The summed E-state index contributed by atoms with van der Waals surface area (Å²) in [6.45, 7) is 4.10. The molecule has 5 heteroatoms. The van der Waals surface area contributed by atoms with Crippen LogP contribution >= 0.6 is 0 Å². The minimum Gasteiger partial charge on any atom is -0.481 e. The number of carbonyl (C=O) groups excluding carboxylic acids is 1. The molecule has 0 bridgehead atoms. The first-order valence-corrected chi connectivity index (χ1v) is 8.33. The zero-order valence-electron chi connectivity index (χ0n) is 12.7. The first-order chi connectivity index (χ1) is 10.1. The smallest absolute Gasteiger partial charge is 0.310 e. The number of aliphatic carboxylic acids is 1. The molecule has 0 unspecified atom stereocenters. The van der Waals surface area contributed by atoms with Crippen LogP contribution in [0.15, 0.2) is 0 Å². The van der Waals surface area contributed by atoms with Gasteiger partial charge in [-0.1, -0.05) is 12.8 Å². The van der Waals surface area contributed by atoms with Crippen LogP contribution in [-0.4, -0.2) is 59.5 Å². The number of likely N-dealkylation sites (tertiary alicyclic amines) is 2. The fourth-order valence-corrected chi connectivity index (χ4v) is 3.92. The molecular formula is C16H26N2O3. The second kappa shape index (κ2) is 5.95. The molecular weight excluding hydrogens is 268 g/mol. The van der Waals surface area contributed by atoms with Gasteiger partial charge in [-0.15, -0.1) is 0 Å². The molecule has 3 rings (SSSR count). The molecule has 0 radical (unpaired) electrons. The summed E-state index contributed by atoms with van der Waals surface area (Å²) < 4.78 is 0. The lowest BCUT2D eigenvalue weighted by atomic mass is 9.75. The van der Waals surface area contributed by atoms with Crippen molar-refractivity contribution in [2.75, 3.05) is 32.7 Å². The van der Waals surface area contributed by atoms with Crippen LogP contribution in [0.4, 0.5) is 0 Å². The third-order valence-electron chi connectivity index (χ3n) is 5.34. The highest BCUT2D eigenvalue weighted by atomic mass is 16.4. The van der Waals surface area contributed by atoms with Crippen molar-refractivity contribution in [3.05, 3.63) is 0 Å². The molecule has 0 spiro atoms. The highest BCUT2D eigenvalue weighted by Crippen LogP contribution is 2.44. The largest absolute Gasteiger partial charge is 0.481 e. The first-order valence-electron chi connectivity index (χ1n) is 8.33. The molecule has 1 atom stereocenters. The minimum atomic E-state index is -0.614. The standard InChI is InChI=1S/C16H26N2O3/c19-14-3-1-8-18(14)10-9-17-7-2-6-16(12-17,15(20)21)11-13-4-5-13/h13H,1-12H2,(H,20,21)/t16-/m0/s1. The molecule has 5 nitrogen and oxygen atoms in total. The molecule has 3 aliphatic rings. The quantitative estimate of drug-likeness (QED) is 0.808. The number of rotatable bonds is 6. The Bertz CT molecular complexity index is 422. The van der Waals surface area contributed by atoms with E-state index in [0.717, 1.165) is 51.9 Å². The number of hydrogen-bond acceptors (Lipinski definition) is 3. The molecule has 2 heterocycles. The first kappa shape index (κ1) is 14.8. The molecule has 1 N–H and O–H groups in total. The van der Waals surface area contributed by atoms with Crippen molar-refractivity contribution in [3.8, 4) is 0 Å².